The normalized spacial score (nSPS) is 30.0. The Labute approximate surface area is 119 Å². The van der Waals surface area contributed by atoms with Crippen molar-refractivity contribution in [2.24, 2.45) is 11.7 Å². The predicted molar refractivity (Wildman–Crippen MR) is 82.3 cm³/mol. The highest BCUT2D eigenvalue weighted by molar-refractivity contribution is 5.00. The van der Waals surface area contributed by atoms with Gasteiger partial charge in [0.2, 0.25) is 0 Å². The average molecular weight is 267 g/mol. The van der Waals surface area contributed by atoms with E-state index in [1.54, 1.807) is 0 Å². The molecule has 19 heavy (non-hydrogen) atoms. The van der Waals surface area contributed by atoms with Crippen molar-refractivity contribution in [2.75, 3.05) is 33.2 Å². The highest BCUT2D eigenvalue weighted by Gasteiger charge is 2.43. The van der Waals surface area contributed by atoms with Gasteiger partial charge in [-0.3, -0.25) is 4.90 Å². The van der Waals surface area contributed by atoms with Gasteiger partial charge in [-0.15, -0.1) is 0 Å². The number of likely N-dealkylation sites (tertiary alicyclic amines) is 1. The van der Waals surface area contributed by atoms with Crippen molar-refractivity contribution in [1.82, 2.24) is 9.80 Å². The summed E-state index contributed by atoms with van der Waals surface area (Å²) in [5, 5.41) is 0. The van der Waals surface area contributed by atoms with Crippen LogP contribution in [0.2, 0.25) is 0 Å². The molecule has 2 fully saturated rings. The first-order chi connectivity index (χ1) is 9.07. The predicted octanol–water partition coefficient (Wildman–Crippen LogP) is 2.31. The van der Waals surface area contributed by atoms with Crippen LogP contribution in [-0.2, 0) is 0 Å². The maximum atomic E-state index is 6.27. The molecule has 1 saturated carbocycles. The van der Waals surface area contributed by atoms with Crippen LogP contribution in [0.5, 0.6) is 0 Å². The van der Waals surface area contributed by atoms with Gasteiger partial charge < -0.3 is 10.6 Å². The lowest BCUT2D eigenvalue weighted by Gasteiger charge is -2.44. The fraction of sp³-hybridized carbons (Fsp3) is 1.00. The molecule has 0 aromatic carbocycles. The Hall–Kier alpha value is -0.120. The van der Waals surface area contributed by atoms with Crippen LogP contribution in [0.15, 0.2) is 0 Å². The van der Waals surface area contributed by atoms with Crippen LogP contribution in [0.25, 0.3) is 0 Å². The minimum Gasteiger partial charge on any atom is -0.329 e. The molecule has 2 rings (SSSR count). The lowest BCUT2D eigenvalue weighted by atomic mass is 9.87. The number of nitrogens with two attached hydrogens (primary N) is 1. The van der Waals surface area contributed by atoms with Crippen molar-refractivity contribution < 1.29 is 0 Å². The maximum Gasteiger partial charge on any atom is 0.0347 e. The Bertz CT molecular complexity index is 275. The summed E-state index contributed by atoms with van der Waals surface area (Å²) in [6.07, 6.45) is 7.97. The molecule has 0 aromatic rings. The second-order valence-electron chi connectivity index (χ2n) is 7.19. The van der Waals surface area contributed by atoms with Gasteiger partial charge in [0.15, 0.2) is 0 Å². The first-order valence-electron chi connectivity index (χ1n) is 8.23. The van der Waals surface area contributed by atoms with E-state index < -0.39 is 0 Å². The molecule has 1 heterocycles. The minimum atomic E-state index is 0.292. The van der Waals surface area contributed by atoms with Crippen LogP contribution in [0, 0.1) is 5.92 Å². The molecule has 1 atom stereocenters. The summed E-state index contributed by atoms with van der Waals surface area (Å²) in [6.45, 7) is 9.22. The summed E-state index contributed by atoms with van der Waals surface area (Å²) in [5.74, 6) is 0.796. The average Bonchev–Trinajstić information content (AvgIpc) is 3.19. The highest BCUT2D eigenvalue weighted by atomic mass is 15.3. The highest BCUT2D eigenvalue weighted by Crippen LogP contribution is 2.38. The summed E-state index contributed by atoms with van der Waals surface area (Å²) >= 11 is 0. The lowest BCUT2D eigenvalue weighted by molar-refractivity contribution is 0.0651. The molecule has 2 N–H and O–H groups in total. The van der Waals surface area contributed by atoms with Crippen molar-refractivity contribution in [2.45, 2.75) is 64.0 Å². The van der Waals surface area contributed by atoms with Gasteiger partial charge in [-0.25, -0.2) is 0 Å². The molecule has 1 aliphatic heterocycles. The summed E-state index contributed by atoms with van der Waals surface area (Å²) < 4.78 is 0. The SMILES string of the molecule is CC(C)CCN(C1CC1)C1(CN)CCCN(C)CC1. The Morgan fingerprint density at radius 2 is 2.00 bits per heavy atom. The van der Waals surface area contributed by atoms with E-state index in [9.17, 15) is 0 Å². The Kier molecular flexibility index (Phi) is 5.27. The molecule has 1 saturated heterocycles. The molecule has 0 bridgehead atoms. The monoisotopic (exact) mass is 267 g/mol. The molecular formula is C16H33N3. The van der Waals surface area contributed by atoms with E-state index in [2.05, 4.69) is 30.7 Å². The van der Waals surface area contributed by atoms with E-state index in [-0.39, 0.29) is 0 Å². The summed E-state index contributed by atoms with van der Waals surface area (Å²) in [7, 11) is 2.25. The number of rotatable bonds is 6. The molecule has 3 heteroatoms. The second-order valence-corrected chi connectivity index (χ2v) is 7.19. The van der Waals surface area contributed by atoms with Gasteiger partial charge in [-0.05, 0) is 71.1 Å². The van der Waals surface area contributed by atoms with E-state index in [1.165, 1.54) is 58.2 Å². The number of hydrogen-bond donors (Lipinski definition) is 1. The van der Waals surface area contributed by atoms with Crippen molar-refractivity contribution in [3.63, 3.8) is 0 Å². The Balaban J connectivity index is 2.06. The third kappa shape index (κ3) is 3.93. The van der Waals surface area contributed by atoms with Gasteiger partial charge in [-0.1, -0.05) is 13.8 Å². The third-order valence-electron chi connectivity index (χ3n) is 5.07. The van der Waals surface area contributed by atoms with Gasteiger partial charge >= 0.3 is 0 Å². The zero-order chi connectivity index (χ0) is 13.9. The van der Waals surface area contributed by atoms with E-state index >= 15 is 0 Å². The maximum absolute atomic E-state index is 6.27. The van der Waals surface area contributed by atoms with Crippen molar-refractivity contribution in [1.29, 1.82) is 0 Å². The van der Waals surface area contributed by atoms with Crippen LogP contribution in [0.1, 0.15) is 52.4 Å². The molecule has 0 amide bonds. The fourth-order valence-electron chi connectivity index (χ4n) is 3.51. The third-order valence-corrected chi connectivity index (χ3v) is 5.07. The van der Waals surface area contributed by atoms with Crippen LogP contribution < -0.4 is 5.73 Å². The molecule has 0 spiro atoms. The fourth-order valence-corrected chi connectivity index (χ4v) is 3.51. The topological polar surface area (TPSA) is 32.5 Å². The largest absolute Gasteiger partial charge is 0.329 e. The van der Waals surface area contributed by atoms with Crippen LogP contribution in [-0.4, -0.2) is 54.6 Å². The van der Waals surface area contributed by atoms with Crippen LogP contribution in [0.4, 0.5) is 0 Å². The summed E-state index contributed by atoms with van der Waals surface area (Å²) in [4.78, 5) is 5.29. The molecule has 1 aliphatic carbocycles. The molecule has 1 unspecified atom stereocenters. The number of hydrogen-bond acceptors (Lipinski definition) is 3. The molecular weight excluding hydrogens is 234 g/mol. The molecule has 2 aliphatic rings. The zero-order valence-corrected chi connectivity index (χ0v) is 13.2. The van der Waals surface area contributed by atoms with Gasteiger partial charge in [0.25, 0.3) is 0 Å². The Morgan fingerprint density at radius 3 is 2.58 bits per heavy atom. The molecule has 112 valence electrons. The number of nitrogens with zero attached hydrogens (tertiary/aromatic N) is 2. The van der Waals surface area contributed by atoms with E-state index in [0.717, 1.165) is 18.5 Å². The second kappa shape index (κ2) is 6.55. The molecule has 3 nitrogen and oxygen atoms in total. The van der Waals surface area contributed by atoms with Gasteiger partial charge in [0.05, 0.1) is 0 Å². The van der Waals surface area contributed by atoms with Crippen molar-refractivity contribution >= 4 is 0 Å². The quantitative estimate of drug-likeness (QED) is 0.801. The van der Waals surface area contributed by atoms with Gasteiger partial charge in [-0.2, -0.15) is 0 Å². The van der Waals surface area contributed by atoms with Gasteiger partial charge in [0, 0.05) is 18.1 Å². The molecule has 0 aromatic heterocycles. The van der Waals surface area contributed by atoms with Crippen molar-refractivity contribution in [3.8, 4) is 0 Å². The van der Waals surface area contributed by atoms with E-state index in [4.69, 9.17) is 5.73 Å². The first kappa shape index (κ1) is 15.3. The van der Waals surface area contributed by atoms with E-state index in [0.29, 0.717) is 5.54 Å². The van der Waals surface area contributed by atoms with Crippen molar-refractivity contribution in [3.05, 3.63) is 0 Å². The first-order valence-corrected chi connectivity index (χ1v) is 8.23. The van der Waals surface area contributed by atoms with E-state index in [1.807, 2.05) is 0 Å². The van der Waals surface area contributed by atoms with Gasteiger partial charge in [0.1, 0.15) is 0 Å². The Morgan fingerprint density at radius 1 is 1.26 bits per heavy atom. The smallest absolute Gasteiger partial charge is 0.0347 e. The summed E-state index contributed by atoms with van der Waals surface area (Å²) in [6, 6.07) is 0.839. The standard InChI is InChI=1S/C16H33N3/c1-14(2)7-11-19(15-5-6-15)16(13-17)8-4-10-18(3)12-9-16/h14-15H,4-13,17H2,1-3H3. The summed E-state index contributed by atoms with van der Waals surface area (Å²) in [5.41, 5.74) is 6.56. The molecule has 0 radical (unpaired) electrons. The van der Waals surface area contributed by atoms with Crippen LogP contribution >= 0.6 is 0 Å². The minimum absolute atomic E-state index is 0.292. The lowest BCUT2D eigenvalue weighted by Crippen LogP contribution is -2.55. The van der Waals surface area contributed by atoms with Crippen LogP contribution in [0.3, 0.4) is 0 Å². The zero-order valence-electron chi connectivity index (χ0n) is 13.2.